The zero-order valence-corrected chi connectivity index (χ0v) is 13.1. The number of nitrogens with zero attached hydrogens (tertiary/aromatic N) is 1. The van der Waals surface area contributed by atoms with Gasteiger partial charge in [-0.05, 0) is 50.1 Å². The maximum atomic E-state index is 6.00. The molecule has 112 valence electrons. The molecule has 2 aromatic rings. The van der Waals surface area contributed by atoms with Crippen molar-refractivity contribution in [3.8, 4) is 11.6 Å². The molecule has 0 amide bonds. The van der Waals surface area contributed by atoms with Crippen molar-refractivity contribution in [2.24, 2.45) is 0 Å². The molecular weight excluding hydrogens is 260 g/mol. The van der Waals surface area contributed by atoms with E-state index in [2.05, 4.69) is 49.3 Å². The summed E-state index contributed by atoms with van der Waals surface area (Å²) in [4.78, 5) is 4.40. The summed E-state index contributed by atoms with van der Waals surface area (Å²) in [5, 5.41) is 3.48. The van der Waals surface area contributed by atoms with Gasteiger partial charge in [-0.3, -0.25) is 0 Å². The van der Waals surface area contributed by atoms with E-state index in [9.17, 15) is 0 Å². The van der Waals surface area contributed by atoms with E-state index in [-0.39, 0.29) is 6.04 Å². The fraction of sp³-hybridized carbons (Fsp3) is 0.389. The summed E-state index contributed by atoms with van der Waals surface area (Å²) in [7, 11) is 0. The SMILES string of the molecule is CCCNC(C)c1cccnc1Oc1cccc(CC)c1. The molecule has 1 N–H and O–H groups in total. The molecule has 0 aliphatic carbocycles. The Hall–Kier alpha value is -1.87. The van der Waals surface area contributed by atoms with E-state index in [0.29, 0.717) is 5.88 Å². The second-order valence-electron chi connectivity index (χ2n) is 5.18. The number of benzene rings is 1. The maximum absolute atomic E-state index is 6.00. The van der Waals surface area contributed by atoms with Gasteiger partial charge in [-0.1, -0.05) is 32.0 Å². The van der Waals surface area contributed by atoms with E-state index in [1.165, 1.54) is 5.56 Å². The van der Waals surface area contributed by atoms with Crippen LogP contribution in [0.3, 0.4) is 0 Å². The number of hydrogen-bond acceptors (Lipinski definition) is 3. The minimum absolute atomic E-state index is 0.225. The number of hydrogen-bond donors (Lipinski definition) is 1. The molecule has 1 atom stereocenters. The van der Waals surface area contributed by atoms with Crippen LogP contribution < -0.4 is 10.1 Å². The van der Waals surface area contributed by atoms with E-state index >= 15 is 0 Å². The molecule has 1 aromatic carbocycles. The smallest absolute Gasteiger partial charge is 0.223 e. The van der Waals surface area contributed by atoms with Crippen molar-refractivity contribution < 1.29 is 4.74 Å². The third-order valence-corrected chi connectivity index (χ3v) is 3.49. The van der Waals surface area contributed by atoms with Gasteiger partial charge in [0.15, 0.2) is 0 Å². The lowest BCUT2D eigenvalue weighted by Gasteiger charge is -2.17. The molecule has 1 aromatic heterocycles. The molecule has 1 unspecified atom stereocenters. The normalized spacial score (nSPS) is 12.1. The van der Waals surface area contributed by atoms with Gasteiger partial charge in [0.25, 0.3) is 0 Å². The zero-order chi connectivity index (χ0) is 15.1. The Kier molecular flexibility index (Phi) is 5.76. The van der Waals surface area contributed by atoms with Crippen molar-refractivity contribution in [2.45, 2.75) is 39.7 Å². The Morgan fingerprint density at radius 1 is 1.19 bits per heavy atom. The minimum atomic E-state index is 0.225. The lowest BCUT2D eigenvalue weighted by molar-refractivity contribution is 0.442. The highest BCUT2D eigenvalue weighted by Crippen LogP contribution is 2.27. The predicted octanol–water partition coefficient (Wildman–Crippen LogP) is 4.50. The number of pyridine rings is 1. The van der Waals surface area contributed by atoms with Crippen molar-refractivity contribution in [3.63, 3.8) is 0 Å². The first-order valence-corrected chi connectivity index (χ1v) is 7.69. The molecule has 0 saturated carbocycles. The lowest BCUT2D eigenvalue weighted by Crippen LogP contribution is -2.20. The molecule has 21 heavy (non-hydrogen) atoms. The van der Waals surface area contributed by atoms with E-state index in [1.807, 2.05) is 18.2 Å². The molecule has 0 aliphatic rings. The first kappa shape index (κ1) is 15.5. The van der Waals surface area contributed by atoms with Crippen molar-refractivity contribution in [1.29, 1.82) is 0 Å². The summed E-state index contributed by atoms with van der Waals surface area (Å²) in [6.45, 7) is 7.43. The van der Waals surface area contributed by atoms with Gasteiger partial charge in [0, 0.05) is 17.8 Å². The van der Waals surface area contributed by atoms with Crippen molar-refractivity contribution in [3.05, 3.63) is 53.7 Å². The number of nitrogens with one attached hydrogen (secondary N) is 1. The van der Waals surface area contributed by atoms with Crippen LogP contribution in [-0.4, -0.2) is 11.5 Å². The van der Waals surface area contributed by atoms with Crippen LogP contribution in [0.4, 0.5) is 0 Å². The van der Waals surface area contributed by atoms with E-state index in [4.69, 9.17) is 4.74 Å². The summed E-state index contributed by atoms with van der Waals surface area (Å²) in [5.41, 5.74) is 2.36. The summed E-state index contributed by atoms with van der Waals surface area (Å²) < 4.78 is 6.00. The number of ether oxygens (including phenoxy) is 1. The van der Waals surface area contributed by atoms with Crippen LogP contribution in [0, 0.1) is 0 Å². The number of aryl methyl sites for hydroxylation is 1. The number of rotatable bonds is 7. The van der Waals surface area contributed by atoms with E-state index < -0.39 is 0 Å². The van der Waals surface area contributed by atoms with Gasteiger partial charge in [0.2, 0.25) is 5.88 Å². The fourth-order valence-corrected chi connectivity index (χ4v) is 2.23. The van der Waals surface area contributed by atoms with Crippen LogP contribution in [0.15, 0.2) is 42.6 Å². The van der Waals surface area contributed by atoms with Crippen LogP contribution in [0.2, 0.25) is 0 Å². The van der Waals surface area contributed by atoms with Gasteiger partial charge < -0.3 is 10.1 Å². The highest BCUT2D eigenvalue weighted by Gasteiger charge is 2.12. The molecule has 1 heterocycles. The van der Waals surface area contributed by atoms with Gasteiger partial charge in [0.1, 0.15) is 5.75 Å². The average molecular weight is 284 g/mol. The molecule has 0 radical (unpaired) electrons. The van der Waals surface area contributed by atoms with E-state index in [0.717, 1.165) is 30.7 Å². The molecule has 2 rings (SSSR count). The largest absolute Gasteiger partial charge is 0.439 e. The quantitative estimate of drug-likeness (QED) is 0.813. The van der Waals surface area contributed by atoms with Crippen LogP contribution >= 0.6 is 0 Å². The molecular formula is C18H24N2O. The molecule has 3 nitrogen and oxygen atoms in total. The van der Waals surface area contributed by atoms with Crippen LogP contribution in [0.25, 0.3) is 0 Å². The van der Waals surface area contributed by atoms with Crippen molar-refractivity contribution in [2.75, 3.05) is 6.54 Å². The van der Waals surface area contributed by atoms with Crippen LogP contribution in [0.1, 0.15) is 44.4 Å². The molecule has 0 bridgehead atoms. The van der Waals surface area contributed by atoms with Crippen molar-refractivity contribution in [1.82, 2.24) is 10.3 Å². The highest BCUT2D eigenvalue weighted by atomic mass is 16.5. The first-order valence-electron chi connectivity index (χ1n) is 7.69. The Balaban J connectivity index is 2.19. The van der Waals surface area contributed by atoms with Gasteiger partial charge in [0.05, 0.1) is 0 Å². The van der Waals surface area contributed by atoms with Gasteiger partial charge >= 0.3 is 0 Å². The topological polar surface area (TPSA) is 34.2 Å². The fourth-order valence-electron chi connectivity index (χ4n) is 2.23. The van der Waals surface area contributed by atoms with Crippen LogP contribution in [-0.2, 0) is 6.42 Å². The maximum Gasteiger partial charge on any atom is 0.223 e. The molecule has 3 heteroatoms. The summed E-state index contributed by atoms with van der Waals surface area (Å²) >= 11 is 0. The Labute approximate surface area is 127 Å². The van der Waals surface area contributed by atoms with Crippen LogP contribution in [0.5, 0.6) is 11.6 Å². The third kappa shape index (κ3) is 4.30. The second kappa shape index (κ2) is 7.79. The van der Waals surface area contributed by atoms with Crippen molar-refractivity contribution >= 4 is 0 Å². The molecule has 0 saturated heterocycles. The summed E-state index contributed by atoms with van der Waals surface area (Å²) in [5.74, 6) is 1.53. The summed E-state index contributed by atoms with van der Waals surface area (Å²) in [6.07, 6.45) is 3.88. The lowest BCUT2D eigenvalue weighted by atomic mass is 10.1. The zero-order valence-electron chi connectivity index (χ0n) is 13.1. The molecule has 0 aliphatic heterocycles. The number of aromatic nitrogens is 1. The molecule has 0 fully saturated rings. The standard InChI is InChI=1S/C18H24N2O/c1-4-11-19-14(3)17-10-7-12-20-18(17)21-16-9-6-8-15(5-2)13-16/h6-10,12-14,19H,4-5,11H2,1-3H3. The Bertz CT molecular complexity index is 569. The minimum Gasteiger partial charge on any atom is -0.439 e. The predicted molar refractivity (Wildman–Crippen MR) is 86.8 cm³/mol. The molecule has 0 spiro atoms. The Morgan fingerprint density at radius 2 is 2.05 bits per heavy atom. The van der Waals surface area contributed by atoms with Gasteiger partial charge in [-0.25, -0.2) is 4.98 Å². The average Bonchev–Trinajstić information content (AvgIpc) is 2.53. The van der Waals surface area contributed by atoms with E-state index in [1.54, 1.807) is 6.20 Å². The van der Waals surface area contributed by atoms with Gasteiger partial charge in [-0.2, -0.15) is 0 Å². The monoisotopic (exact) mass is 284 g/mol. The summed E-state index contributed by atoms with van der Waals surface area (Å²) in [6, 6.07) is 12.4. The Morgan fingerprint density at radius 3 is 2.81 bits per heavy atom. The van der Waals surface area contributed by atoms with Gasteiger partial charge in [-0.15, -0.1) is 0 Å². The third-order valence-electron chi connectivity index (χ3n) is 3.49. The second-order valence-corrected chi connectivity index (χ2v) is 5.18. The highest BCUT2D eigenvalue weighted by molar-refractivity contribution is 5.35. The first-order chi connectivity index (χ1) is 10.2.